The van der Waals surface area contributed by atoms with Gasteiger partial charge in [-0.05, 0) is 29.5 Å². The van der Waals surface area contributed by atoms with Gasteiger partial charge in [0.15, 0.2) is 5.78 Å². The number of hydrogen-bond acceptors (Lipinski definition) is 3. The van der Waals surface area contributed by atoms with Crippen LogP contribution in [0.1, 0.15) is 32.8 Å². The van der Waals surface area contributed by atoms with Gasteiger partial charge in [-0.2, -0.15) is 0 Å². The molecule has 0 N–H and O–H groups in total. The van der Waals surface area contributed by atoms with Gasteiger partial charge < -0.3 is 9.47 Å². The number of carbonyl (C=O) groups excluding carboxylic acids is 1. The maximum Gasteiger partial charge on any atom is 0.175 e. The first-order chi connectivity index (χ1) is 8.97. The van der Waals surface area contributed by atoms with Crippen LogP contribution in [0.5, 0.6) is 5.75 Å². The zero-order chi connectivity index (χ0) is 13.9. The molecular weight excluding hydrogens is 240 g/mol. The van der Waals surface area contributed by atoms with E-state index >= 15 is 0 Å². The minimum Gasteiger partial charge on any atom is -0.486 e. The topological polar surface area (TPSA) is 35.5 Å². The lowest BCUT2D eigenvalue weighted by molar-refractivity contribution is -0.124. The van der Waals surface area contributed by atoms with Crippen LogP contribution in [-0.4, -0.2) is 25.6 Å². The van der Waals surface area contributed by atoms with Gasteiger partial charge in [-0.1, -0.05) is 32.9 Å². The van der Waals surface area contributed by atoms with Crippen molar-refractivity contribution in [1.82, 2.24) is 0 Å². The van der Waals surface area contributed by atoms with Crippen molar-refractivity contribution in [3.05, 3.63) is 29.8 Å². The van der Waals surface area contributed by atoms with Crippen LogP contribution in [0.3, 0.4) is 0 Å². The van der Waals surface area contributed by atoms with Gasteiger partial charge in [-0.15, -0.1) is 0 Å². The number of ether oxygens (including phenoxy) is 2. The van der Waals surface area contributed by atoms with Crippen molar-refractivity contribution in [3.63, 3.8) is 0 Å². The highest BCUT2D eigenvalue weighted by Crippen LogP contribution is 2.24. The van der Waals surface area contributed by atoms with Crippen LogP contribution in [0.2, 0.25) is 0 Å². The molecule has 104 valence electrons. The smallest absolute Gasteiger partial charge is 0.175 e. The highest BCUT2D eigenvalue weighted by Gasteiger charge is 2.23. The maximum absolute atomic E-state index is 11.8. The van der Waals surface area contributed by atoms with Crippen LogP contribution in [0.15, 0.2) is 24.3 Å². The summed E-state index contributed by atoms with van der Waals surface area (Å²) in [5.41, 5.74) is 1.39. The van der Waals surface area contributed by atoms with E-state index in [-0.39, 0.29) is 23.7 Å². The molecule has 1 aliphatic heterocycles. The van der Waals surface area contributed by atoms with Crippen LogP contribution in [-0.2, 0) is 14.9 Å². The Morgan fingerprint density at radius 2 is 2.00 bits per heavy atom. The highest BCUT2D eigenvalue weighted by molar-refractivity contribution is 5.82. The average Bonchev–Trinajstić information content (AvgIpc) is 2.89. The third-order valence-corrected chi connectivity index (χ3v) is 3.49. The number of carbonyl (C=O) groups is 1. The van der Waals surface area contributed by atoms with Crippen molar-refractivity contribution in [2.75, 3.05) is 19.8 Å². The molecule has 0 radical (unpaired) electrons. The molecule has 0 bridgehead atoms. The minimum atomic E-state index is 0.0221. The number of benzene rings is 1. The van der Waals surface area contributed by atoms with Crippen LogP contribution in [0, 0.1) is 5.92 Å². The van der Waals surface area contributed by atoms with Crippen LogP contribution >= 0.6 is 0 Å². The van der Waals surface area contributed by atoms with Gasteiger partial charge in [-0.3, -0.25) is 4.79 Å². The van der Waals surface area contributed by atoms with Gasteiger partial charge in [0.2, 0.25) is 0 Å². The Morgan fingerprint density at radius 1 is 1.32 bits per heavy atom. The minimum absolute atomic E-state index is 0.0221. The monoisotopic (exact) mass is 262 g/mol. The molecule has 0 amide bonds. The van der Waals surface area contributed by atoms with E-state index in [1.54, 1.807) is 0 Å². The molecule has 0 aliphatic carbocycles. The molecule has 0 spiro atoms. The van der Waals surface area contributed by atoms with Crippen LogP contribution in [0.25, 0.3) is 0 Å². The summed E-state index contributed by atoms with van der Waals surface area (Å²) < 4.78 is 10.7. The first-order valence-electron chi connectivity index (χ1n) is 6.80. The summed E-state index contributed by atoms with van der Waals surface area (Å²) in [5.74, 6) is 0.909. The van der Waals surface area contributed by atoms with E-state index in [9.17, 15) is 4.79 Å². The zero-order valence-electron chi connectivity index (χ0n) is 11.9. The summed E-state index contributed by atoms with van der Waals surface area (Å²) in [7, 11) is 0. The Kier molecular flexibility index (Phi) is 4.25. The summed E-state index contributed by atoms with van der Waals surface area (Å²) in [6.45, 7) is 7.90. The Bertz CT molecular complexity index is 422. The second-order valence-electron chi connectivity index (χ2n) is 6.09. The Hall–Kier alpha value is -1.35. The third-order valence-electron chi connectivity index (χ3n) is 3.49. The van der Waals surface area contributed by atoms with Crippen LogP contribution < -0.4 is 4.74 Å². The third kappa shape index (κ3) is 3.80. The molecule has 1 fully saturated rings. The number of ketones is 1. The SMILES string of the molecule is CC(C)(C)c1ccc(OCC(=O)C2CCOC2)cc1. The molecule has 3 nitrogen and oxygen atoms in total. The van der Waals surface area contributed by atoms with E-state index in [0.717, 1.165) is 12.2 Å². The molecule has 1 aliphatic rings. The van der Waals surface area contributed by atoms with E-state index in [1.165, 1.54) is 5.56 Å². The fourth-order valence-corrected chi connectivity index (χ4v) is 2.11. The van der Waals surface area contributed by atoms with Crippen molar-refractivity contribution in [1.29, 1.82) is 0 Å². The summed E-state index contributed by atoms with van der Waals surface area (Å²) in [6.07, 6.45) is 0.825. The van der Waals surface area contributed by atoms with E-state index in [1.807, 2.05) is 12.1 Å². The van der Waals surface area contributed by atoms with Crippen LogP contribution in [0.4, 0.5) is 0 Å². The Balaban J connectivity index is 1.87. The van der Waals surface area contributed by atoms with Gasteiger partial charge in [-0.25, -0.2) is 0 Å². The summed E-state index contributed by atoms with van der Waals surface area (Å²) in [6, 6.07) is 7.97. The first kappa shape index (κ1) is 14.1. The largest absolute Gasteiger partial charge is 0.486 e. The highest BCUT2D eigenvalue weighted by atomic mass is 16.5. The second-order valence-corrected chi connectivity index (χ2v) is 6.09. The summed E-state index contributed by atoms with van der Waals surface area (Å²) in [5, 5.41) is 0. The summed E-state index contributed by atoms with van der Waals surface area (Å²) >= 11 is 0. The molecule has 1 aromatic carbocycles. The molecule has 1 aromatic rings. The molecule has 1 unspecified atom stereocenters. The fraction of sp³-hybridized carbons (Fsp3) is 0.562. The van der Waals surface area contributed by atoms with Crippen molar-refractivity contribution >= 4 is 5.78 Å². The van der Waals surface area contributed by atoms with Gasteiger partial charge >= 0.3 is 0 Å². The van der Waals surface area contributed by atoms with Gasteiger partial charge in [0, 0.05) is 12.5 Å². The lowest BCUT2D eigenvalue weighted by Gasteiger charge is -2.19. The average molecular weight is 262 g/mol. The normalized spacial score (nSPS) is 19.4. The lowest BCUT2D eigenvalue weighted by Crippen LogP contribution is -2.21. The molecule has 1 atom stereocenters. The van der Waals surface area contributed by atoms with E-state index in [0.29, 0.717) is 13.2 Å². The molecule has 19 heavy (non-hydrogen) atoms. The molecule has 2 rings (SSSR count). The second kappa shape index (κ2) is 5.74. The van der Waals surface area contributed by atoms with Gasteiger partial charge in [0.25, 0.3) is 0 Å². The van der Waals surface area contributed by atoms with Gasteiger partial charge in [0.05, 0.1) is 6.61 Å². The molecule has 0 saturated carbocycles. The molecule has 3 heteroatoms. The van der Waals surface area contributed by atoms with Crippen molar-refractivity contribution in [2.24, 2.45) is 5.92 Å². The number of hydrogen-bond donors (Lipinski definition) is 0. The Labute approximate surface area is 114 Å². The lowest BCUT2D eigenvalue weighted by atomic mass is 9.87. The number of rotatable bonds is 4. The zero-order valence-corrected chi connectivity index (χ0v) is 11.9. The predicted octanol–water partition coefficient (Wildman–Crippen LogP) is 2.97. The fourth-order valence-electron chi connectivity index (χ4n) is 2.11. The van der Waals surface area contributed by atoms with Gasteiger partial charge in [0.1, 0.15) is 12.4 Å². The first-order valence-corrected chi connectivity index (χ1v) is 6.80. The quantitative estimate of drug-likeness (QED) is 0.837. The Morgan fingerprint density at radius 3 is 2.53 bits per heavy atom. The molecule has 1 heterocycles. The molecule has 0 aromatic heterocycles. The van der Waals surface area contributed by atoms with Crippen molar-refractivity contribution in [3.8, 4) is 5.75 Å². The van der Waals surface area contributed by atoms with E-state index < -0.39 is 0 Å². The maximum atomic E-state index is 11.8. The molecular formula is C16H22O3. The molecule has 1 saturated heterocycles. The van der Waals surface area contributed by atoms with E-state index in [4.69, 9.17) is 9.47 Å². The van der Waals surface area contributed by atoms with E-state index in [2.05, 4.69) is 32.9 Å². The van der Waals surface area contributed by atoms with Crippen molar-refractivity contribution < 1.29 is 14.3 Å². The standard InChI is InChI=1S/C16H22O3/c1-16(2,3)13-4-6-14(7-5-13)19-11-15(17)12-8-9-18-10-12/h4-7,12H,8-11H2,1-3H3. The summed E-state index contributed by atoms with van der Waals surface area (Å²) in [4.78, 5) is 11.8. The number of Topliss-reactive ketones (excluding diaryl/α,β-unsaturated/α-hetero) is 1. The van der Waals surface area contributed by atoms with Crippen molar-refractivity contribution in [2.45, 2.75) is 32.6 Å². The predicted molar refractivity (Wildman–Crippen MR) is 74.6 cm³/mol.